The normalized spacial score (nSPS) is 19.4. The van der Waals surface area contributed by atoms with E-state index in [1.54, 1.807) is 13.2 Å². The van der Waals surface area contributed by atoms with Crippen molar-refractivity contribution in [3.05, 3.63) is 130 Å². The predicted molar refractivity (Wildman–Crippen MR) is 158 cm³/mol. The standard InChI is InChI=1S/C33H28BrFN2O2/c1-38-31-18-22(17-29(34)33(31)39-20-21-6-4-7-24(35)16-21)19-36-25-14-12-23(13-15-25)32-28-10-5-9-26(28)27-8-2-3-11-30(27)37-32/h2-9,11-19,26,28,32,37H,10,20H2,1H3/t26-,28+,32-/m0/s1. The fourth-order valence-electron chi connectivity index (χ4n) is 5.53. The van der Waals surface area contributed by atoms with Crippen LogP contribution in [-0.4, -0.2) is 13.3 Å². The number of allylic oxidation sites excluding steroid dienone is 2. The Bertz CT molecular complexity index is 1550. The van der Waals surface area contributed by atoms with E-state index in [0.29, 0.717) is 23.3 Å². The molecule has 196 valence electrons. The second-order valence-corrected chi connectivity index (χ2v) is 10.7. The lowest BCUT2D eigenvalue weighted by atomic mass is 9.77. The smallest absolute Gasteiger partial charge is 0.175 e. The number of hydrogen-bond acceptors (Lipinski definition) is 4. The van der Waals surface area contributed by atoms with Gasteiger partial charge in [0.15, 0.2) is 11.5 Å². The molecular formula is C33H28BrFN2O2. The highest BCUT2D eigenvalue weighted by Gasteiger charge is 2.37. The van der Waals surface area contributed by atoms with Crippen molar-refractivity contribution >= 4 is 33.5 Å². The molecule has 0 radical (unpaired) electrons. The Balaban J connectivity index is 1.17. The minimum absolute atomic E-state index is 0.228. The van der Waals surface area contributed by atoms with E-state index in [1.807, 2.05) is 24.4 Å². The lowest BCUT2D eigenvalue weighted by Crippen LogP contribution is -2.28. The molecule has 0 saturated carbocycles. The molecule has 0 unspecified atom stereocenters. The maximum absolute atomic E-state index is 13.5. The van der Waals surface area contributed by atoms with Crippen LogP contribution in [0.4, 0.5) is 15.8 Å². The molecule has 6 heteroatoms. The summed E-state index contributed by atoms with van der Waals surface area (Å²) in [6.45, 7) is 0.228. The first-order chi connectivity index (χ1) is 19.1. The van der Waals surface area contributed by atoms with Gasteiger partial charge in [0.25, 0.3) is 0 Å². The summed E-state index contributed by atoms with van der Waals surface area (Å²) in [4.78, 5) is 4.70. The molecular weight excluding hydrogens is 555 g/mol. The van der Waals surface area contributed by atoms with E-state index in [4.69, 9.17) is 14.5 Å². The highest BCUT2D eigenvalue weighted by atomic mass is 79.9. The van der Waals surface area contributed by atoms with E-state index in [0.717, 1.165) is 27.7 Å². The molecule has 39 heavy (non-hydrogen) atoms. The number of anilines is 1. The van der Waals surface area contributed by atoms with E-state index in [-0.39, 0.29) is 18.5 Å². The number of nitrogens with one attached hydrogen (secondary N) is 1. The molecule has 0 amide bonds. The van der Waals surface area contributed by atoms with Crippen molar-refractivity contribution in [3.63, 3.8) is 0 Å². The summed E-state index contributed by atoms with van der Waals surface area (Å²) in [5, 5.41) is 3.78. The summed E-state index contributed by atoms with van der Waals surface area (Å²) < 4.78 is 25.8. The van der Waals surface area contributed by atoms with E-state index >= 15 is 0 Å². The quantitative estimate of drug-likeness (QED) is 0.175. The fourth-order valence-corrected chi connectivity index (χ4v) is 6.10. The summed E-state index contributed by atoms with van der Waals surface area (Å²) in [6.07, 6.45) is 7.56. The number of hydrogen-bond donors (Lipinski definition) is 1. The molecule has 1 N–H and O–H groups in total. The van der Waals surface area contributed by atoms with Gasteiger partial charge < -0.3 is 14.8 Å². The van der Waals surface area contributed by atoms with Crippen LogP contribution in [-0.2, 0) is 6.61 Å². The van der Waals surface area contributed by atoms with Crippen molar-refractivity contribution in [3.8, 4) is 11.5 Å². The summed E-state index contributed by atoms with van der Waals surface area (Å²) in [5.74, 6) is 1.81. The van der Waals surface area contributed by atoms with Gasteiger partial charge in [0, 0.05) is 17.8 Å². The largest absolute Gasteiger partial charge is 0.493 e. The maximum Gasteiger partial charge on any atom is 0.175 e. The van der Waals surface area contributed by atoms with Crippen LogP contribution in [0.3, 0.4) is 0 Å². The Kier molecular flexibility index (Phi) is 7.20. The third kappa shape index (κ3) is 5.34. The minimum atomic E-state index is -0.290. The molecule has 0 spiro atoms. The SMILES string of the molecule is COc1cc(C=Nc2ccc([C@@H]3Nc4ccccc4[C@@H]4C=CC[C@H]43)cc2)cc(Br)c1OCc1cccc(F)c1. The van der Waals surface area contributed by atoms with Crippen molar-refractivity contribution in [2.24, 2.45) is 10.9 Å². The van der Waals surface area contributed by atoms with Crippen LogP contribution in [0.1, 0.15) is 40.6 Å². The molecule has 1 heterocycles. The minimum Gasteiger partial charge on any atom is -0.493 e. The number of rotatable bonds is 7. The first kappa shape index (κ1) is 25.4. The number of ether oxygens (including phenoxy) is 2. The number of fused-ring (bicyclic) bond motifs is 3. The predicted octanol–water partition coefficient (Wildman–Crippen LogP) is 8.75. The van der Waals surface area contributed by atoms with Crippen molar-refractivity contribution < 1.29 is 13.9 Å². The summed E-state index contributed by atoms with van der Waals surface area (Å²) >= 11 is 3.59. The van der Waals surface area contributed by atoms with Gasteiger partial charge in [-0.25, -0.2) is 4.39 Å². The second-order valence-electron chi connectivity index (χ2n) is 9.87. The molecule has 0 aromatic heterocycles. The lowest BCUT2D eigenvalue weighted by Gasteiger charge is -2.37. The number of methoxy groups -OCH3 is 1. The molecule has 0 saturated heterocycles. The number of nitrogens with zero attached hydrogens (tertiary/aromatic N) is 1. The summed E-state index contributed by atoms with van der Waals surface area (Å²) in [5.41, 5.74) is 6.36. The number of para-hydroxylation sites is 1. The van der Waals surface area contributed by atoms with Crippen LogP contribution < -0.4 is 14.8 Å². The van der Waals surface area contributed by atoms with Crippen LogP contribution in [0.15, 0.2) is 107 Å². The van der Waals surface area contributed by atoms with Gasteiger partial charge in [-0.15, -0.1) is 0 Å². The zero-order chi connectivity index (χ0) is 26.8. The average Bonchev–Trinajstić information content (AvgIpc) is 3.46. The Labute approximate surface area is 236 Å². The number of aliphatic imine (C=N–C) groups is 1. The monoisotopic (exact) mass is 582 g/mol. The van der Waals surface area contributed by atoms with Crippen LogP contribution >= 0.6 is 15.9 Å². The number of benzene rings is 4. The Morgan fingerprint density at radius 3 is 2.69 bits per heavy atom. The Hall–Kier alpha value is -3.90. The van der Waals surface area contributed by atoms with E-state index in [1.165, 1.54) is 28.9 Å². The number of halogens is 2. The first-order valence-electron chi connectivity index (χ1n) is 13.0. The van der Waals surface area contributed by atoms with E-state index in [2.05, 4.69) is 81.9 Å². The van der Waals surface area contributed by atoms with Gasteiger partial charge in [0.2, 0.25) is 0 Å². The van der Waals surface area contributed by atoms with Gasteiger partial charge in [0.05, 0.1) is 23.3 Å². The van der Waals surface area contributed by atoms with Crippen molar-refractivity contribution in [2.75, 3.05) is 12.4 Å². The highest BCUT2D eigenvalue weighted by Crippen LogP contribution is 2.49. The topological polar surface area (TPSA) is 42.8 Å². The van der Waals surface area contributed by atoms with E-state index < -0.39 is 0 Å². The molecule has 2 aliphatic rings. The molecule has 4 aromatic carbocycles. The molecule has 3 atom stereocenters. The van der Waals surface area contributed by atoms with Crippen LogP contribution in [0.2, 0.25) is 0 Å². The molecule has 6 rings (SSSR count). The van der Waals surface area contributed by atoms with Gasteiger partial charge in [-0.1, -0.05) is 54.6 Å². The third-order valence-corrected chi connectivity index (χ3v) is 8.00. The van der Waals surface area contributed by atoms with E-state index in [9.17, 15) is 4.39 Å². The molecule has 4 aromatic rings. The van der Waals surface area contributed by atoms with Crippen molar-refractivity contribution in [2.45, 2.75) is 25.0 Å². The highest BCUT2D eigenvalue weighted by molar-refractivity contribution is 9.10. The molecule has 1 aliphatic carbocycles. The molecule has 0 bridgehead atoms. The van der Waals surface area contributed by atoms with Gasteiger partial charge in [-0.05, 0) is 93.0 Å². The zero-order valence-corrected chi connectivity index (χ0v) is 23.1. The summed E-state index contributed by atoms with van der Waals surface area (Å²) in [7, 11) is 1.60. The maximum atomic E-state index is 13.5. The Morgan fingerprint density at radius 2 is 1.87 bits per heavy atom. The second kappa shape index (κ2) is 11.1. The van der Waals surface area contributed by atoms with Crippen LogP contribution in [0, 0.1) is 11.7 Å². The fraction of sp³-hybridized carbons (Fsp3) is 0.182. The third-order valence-electron chi connectivity index (χ3n) is 7.41. The van der Waals surface area contributed by atoms with Crippen molar-refractivity contribution in [1.29, 1.82) is 0 Å². The van der Waals surface area contributed by atoms with Gasteiger partial charge in [0.1, 0.15) is 12.4 Å². The Morgan fingerprint density at radius 1 is 1.03 bits per heavy atom. The van der Waals surface area contributed by atoms with Gasteiger partial charge in [-0.2, -0.15) is 0 Å². The lowest BCUT2D eigenvalue weighted by molar-refractivity contribution is 0.282. The summed E-state index contributed by atoms with van der Waals surface area (Å²) in [6, 6.07) is 27.5. The average molecular weight is 584 g/mol. The zero-order valence-electron chi connectivity index (χ0n) is 21.5. The molecule has 4 nitrogen and oxygen atoms in total. The molecule has 0 fully saturated rings. The van der Waals surface area contributed by atoms with Gasteiger partial charge >= 0.3 is 0 Å². The van der Waals surface area contributed by atoms with Crippen LogP contribution in [0.5, 0.6) is 11.5 Å². The van der Waals surface area contributed by atoms with Gasteiger partial charge in [-0.3, -0.25) is 4.99 Å². The van der Waals surface area contributed by atoms with Crippen molar-refractivity contribution in [1.82, 2.24) is 0 Å². The first-order valence-corrected chi connectivity index (χ1v) is 13.8. The van der Waals surface area contributed by atoms with Crippen LogP contribution in [0.25, 0.3) is 0 Å². The molecule has 1 aliphatic heterocycles.